The second-order valence-corrected chi connectivity index (χ2v) is 5.71. The molecule has 0 aliphatic carbocycles. The first-order valence-electron chi connectivity index (χ1n) is 6.88. The highest BCUT2D eigenvalue weighted by atomic mass is 32.1. The molecule has 23 heavy (non-hydrogen) atoms. The fourth-order valence-electron chi connectivity index (χ4n) is 2.20. The maximum atomic E-state index is 11.1. The fraction of sp³-hybridized carbons (Fsp3) is 0.188. The molecular weight excluding hydrogens is 314 g/mol. The lowest BCUT2D eigenvalue weighted by Gasteiger charge is -2.13. The summed E-state index contributed by atoms with van der Waals surface area (Å²) in [6.07, 6.45) is 0. The molecule has 0 unspecified atom stereocenters. The second-order valence-electron chi connectivity index (χ2n) is 5.27. The minimum atomic E-state index is -0.494. The minimum absolute atomic E-state index is 0.0269. The number of nitrogens with one attached hydrogen (secondary N) is 1. The van der Waals surface area contributed by atoms with Crippen LogP contribution in [0.4, 0.5) is 11.4 Å². The standard InChI is InChI=1S/C16H17N3O3S/c1-9-4-10(2)11(3)15(5-9)22-14-7-12(18-16(17)23)6-13(8-14)19(20)21/h4-8H,1-3H3,(H3,17,18,23). The zero-order valence-electron chi connectivity index (χ0n) is 13.0. The van der Waals surface area contributed by atoms with Gasteiger partial charge in [0.1, 0.15) is 11.5 Å². The molecule has 120 valence electrons. The molecule has 2 aromatic rings. The van der Waals surface area contributed by atoms with E-state index in [4.69, 9.17) is 22.7 Å². The normalized spacial score (nSPS) is 10.2. The number of nitrogens with zero attached hydrogens (tertiary/aromatic N) is 1. The molecule has 0 saturated carbocycles. The first-order valence-corrected chi connectivity index (χ1v) is 7.28. The van der Waals surface area contributed by atoms with Crippen LogP contribution in [0.25, 0.3) is 0 Å². The van der Waals surface area contributed by atoms with Crippen molar-refractivity contribution in [1.82, 2.24) is 0 Å². The molecule has 0 heterocycles. The van der Waals surface area contributed by atoms with Crippen LogP contribution >= 0.6 is 12.2 Å². The molecule has 0 atom stereocenters. The largest absolute Gasteiger partial charge is 0.457 e. The highest BCUT2D eigenvalue weighted by Crippen LogP contribution is 2.32. The van der Waals surface area contributed by atoms with Gasteiger partial charge in [-0.15, -0.1) is 0 Å². The zero-order valence-corrected chi connectivity index (χ0v) is 13.9. The predicted molar refractivity (Wildman–Crippen MR) is 94.2 cm³/mol. The lowest BCUT2D eigenvalue weighted by atomic mass is 10.1. The second kappa shape index (κ2) is 6.62. The summed E-state index contributed by atoms with van der Waals surface area (Å²) in [7, 11) is 0. The number of nitro benzene ring substituents is 1. The van der Waals surface area contributed by atoms with E-state index in [1.54, 1.807) is 6.07 Å². The molecule has 3 N–H and O–H groups in total. The molecule has 0 radical (unpaired) electrons. The maximum Gasteiger partial charge on any atom is 0.275 e. The van der Waals surface area contributed by atoms with Gasteiger partial charge in [0.05, 0.1) is 16.7 Å². The molecule has 0 aromatic heterocycles. The summed E-state index contributed by atoms with van der Waals surface area (Å²) in [6.45, 7) is 5.89. The third-order valence-electron chi connectivity index (χ3n) is 3.36. The Labute approximate surface area is 139 Å². The van der Waals surface area contributed by atoms with Crippen molar-refractivity contribution in [3.63, 3.8) is 0 Å². The van der Waals surface area contributed by atoms with Gasteiger partial charge in [0, 0.05) is 12.1 Å². The molecule has 0 saturated heterocycles. The van der Waals surface area contributed by atoms with Crippen LogP contribution in [0.5, 0.6) is 11.5 Å². The number of aryl methyl sites for hydroxylation is 2. The van der Waals surface area contributed by atoms with E-state index >= 15 is 0 Å². The lowest BCUT2D eigenvalue weighted by Crippen LogP contribution is -2.18. The molecule has 0 spiro atoms. The predicted octanol–water partition coefficient (Wildman–Crippen LogP) is 3.97. The van der Waals surface area contributed by atoms with E-state index in [-0.39, 0.29) is 10.8 Å². The number of ether oxygens (including phenoxy) is 1. The van der Waals surface area contributed by atoms with Gasteiger partial charge in [0.2, 0.25) is 0 Å². The van der Waals surface area contributed by atoms with Crippen LogP contribution in [-0.2, 0) is 0 Å². The van der Waals surface area contributed by atoms with Crippen LogP contribution in [0.2, 0.25) is 0 Å². The van der Waals surface area contributed by atoms with Crippen LogP contribution < -0.4 is 15.8 Å². The van der Waals surface area contributed by atoms with E-state index in [1.807, 2.05) is 26.8 Å². The van der Waals surface area contributed by atoms with Gasteiger partial charge in [-0.3, -0.25) is 10.1 Å². The fourth-order valence-corrected chi connectivity index (χ4v) is 2.31. The average Bonchev–Trinajstić information content (AvgIpc) is 2.43. The third kappa shape index (κ3) is 4.17. The Hall–Kier alpha value is -2.67. The number of non-ortho nitro benzene ring substituents is 1. The van der Waals surface area contributed by atoms with Gasteiger partial charge in [-0.2, -0.15) is 0 Å². The van der Waals surface area contributed by atoms with Crippen molar-refractivity contribution in [3.05, 3.63) is 57.1 Å². The average molecular weight is 331 g/mol. The van der Waals surface area contributed by atoms with E-state index in [9.17, 15) is 10.1 Å². The summed E-state index contributed by atoms with van der Waals surface area (Å²) in [6, 6.07) is 8.27. The van der Waals surface area contributed by atoms with Crippen LogP contribution in [0.3, 0.4) is 0 Å². The van der Waals surface area contributed by atoms with Gasteiger partial charge < -0.3 is 15.8 Å². The Bertz CT molecular complexity index is 790. The Morgan fingerprint density at radius 3 is 2.52 bits per heavy atom. The topological polar surface area (TPSA) is 90.4 Å². The van der Waals surface area contributed by atoms with Crippen molar-refractivity contribution in [1.29, 1.82) is 0 Å². The molecule has 0 amide bonds. The van der Waals surface area contributed by atoms with Crippen LogP contribution in [0.15, 0.2) is 30.3 Å². The summed E-state index contributed by atoms with van der Waals surface area (Å²) in [5, 5.41) is 13.8. The number of rotatable bonds is 4. The van der Waals surface area contributed by atoms with E-state index in [1.165, 1.54) is 12.1 Å². The Morgan fingerprint density at radius 2 is 1.91 bits per heavy atom. The first-order chi connectivity index (χ1) is 10.8. The highest BCUT2D eigenvalue weighted by molar-refractivity contribution is 7.80. The molecule has 7 heteroatoms. The van der Waals surface area contributed by atoms with Crippen molar-refractivity contribution in [3.8, 4) is 11.5 Å². The summed E-state index contributed by atoms with van der Waals surface area (Å²) >= 11 is 4.77. The van der Waals surface area contributed by atoms with E-state index in [0.717, 1.165) is 16.7 Å². The van der Waals surface area contributed by atoms with Crippen molar-refractivity contribution >= 4 is 28.7 Å². The summed E-state index contributed by atoms with van der Waals surface area (Å²) in [4.78, 5) is 10.6. The number of hydrogen-bond donors (Lipinski definition) is 2. The maximum absolute atomic E-state index is 11.1. The lowest BCUT2D eigenvalue weighted by molar-refractivity contribution is -0.384. The molecule has 0 aliphatic rings. The summed E-state index contributed by atoms with van der Waals surface area (Å²) in [5.74, 6) is 0.996. The van der Waals surface area contributed by atoms with Gasteiger partial charge in [-0.1, -0.05) is 6.07 Å². The van der Waals surface area contributed by atoms with Crippen LogP contribution in [0, 0.1) is 30.9 Å². The number of nitrogens with two attached hydrogens (primary N) is 1. The van der Waals surface area contributed by atoms with Crippen LogP contribution in [0.1, 0.15) is 16.7 Å². The zero-order chi connectivity index (χ0) is 17.1. The molecule has 2 rings (SSSR count). The number of thiocarbonyl (C=S) groups is 1. The molecule has 0 aliphatic heterocycles. The highest BCUT2D eigenvalue weighted by Gasteiger charge is 2.13. The van der Waals surface area contributed by atoms with E-state index < -0.39 is 4.92 Å². The number of anilines is 1. The minimum Gasteiger partial charge on any atom is -0.457 e. The number of hydrogen-bond acceptors (Lipinski definition) is 4. The SMILES string of the molecule is Cc1cc(C)c(C)c(Oc2cc(NC(N)=S)cc([N+](=O)[O-])c2)c1. The Morgan fingerprint density at radius 1 is 1.22 bits per heavy atom. The molecule has 6 nitrogen and oxygen atoms in total. The van der Waals surface area contributed by atoms with Crippen molar-refractivity contribution in [2.45, 2.75) is 20.8 Å². The molecule has 0 fully saturated rings. The van der Waals surface area contributed by atoms with Gasteiger partial charge in [-0.05, 0) is 55.7 Å². The van der Waals surface area contributed by atoms with Crippen molar-refractivity contribution in [2.24, 2.45) is 5.73 Å². The Balaban J connectivity index is 2.44. The van der Waals surface area contributed by atoms with E-state index in [2.05, 4.69) is 11.4 Å². The van der Waals surface area contributed by atoms with Crippen molar-refractivity contribution in [2.75, 3.05) is 5.32 Å². The van der Waals surface area contributed by atoms with Gasteiger partial charge in [0.25, 0.3) is 5.69 Å². The molecule has 0 bridgehead atoms. The monoisotopic (exact) mass is 331 g/mol. The summed E-state index contributed by atoms with van der Waals surface area (Å²) < 4.78 is 5.86. The molecular formula is C16H17N3O3S. The molecule has 2 aromatic carbocycles. The Kier molecular flexibility index (Phi) is 4.80. The quantitative estimate of drug-likeness (QED) is 0.500. The summed E-state index contributed by atoms with van der Waals surface area (Å²) in [5.41, 5.74) is 8.84. The first kappa shape index (κ1) is 16.7. The van der Waals surface area contributed by atoms with Gasteiger partial charge in [0.15, 0.2) is 5.11 Å². The third-order valence-corrected chi connectivity index (χ3v) is 3.46. The van der Waals surface area contributed by atoms with Crippen molar-refractivity contribution < 1.29 is 9.66 Å². The number of benzene rings is 2. The smallest absolute Gasteiger partial charge is 0.275 e. The van der Waals surface area contributed by atoms with Gasteiger partial charge >= 0.3 is 0 Å². The van der Waals surface area contributed by atoms with Gasteiger partial charge in [-0.25, -0.2) is 0 Å². The number of nitro groups is 1. The van der Waals surface area contributed by atoms with E-state index in [0.29, 0.717) is 17.2 Å². The van der Waals surface area contributed by atoms with Crippen LogP contribution in [-0.4, -0.2) is 10.0 Å².